The van der Waals surface area contributed by atoms with Gasteiger partial charge in [-0.15, -0.1) is 0 Å². The molecule has 2 heterocycles. The van der Waals surface area contributed by atoms with Crippen LogP contribution in [0.5, 0.6) is 0 Å². The van der Waals surface area contributed by atoms with Crippen molar-refractivity contribution in [3.05, 3.63) is 70.8 Å². The van der Waals surface area contributed by atoms with Crippen molar-refractivity contribution >= 4 is 5.91 Å². The molecule has 0 radical (unpaired) electrons. The Hall–Kier alpha value is -2.55. The molecule has 2 aromatic rings. The van der Waals surface area contributed by atoms with E-state index in [1.807, 2.05) is 30.3 Å². The summed E-state index contributed by atoms with van der Waals surface area (Å²) < 4.78 is 84.8. The van der Waals surface area contributed by atoms with E-state index in [9.17, 15) is 31.1 Å². The Kier molecular flexibility index (Phi) is 5.28. The van der Waals surface area contributed by atoms with Crippen LogP contribution >= 0.6 is 0 Å². The van der Waals surface area contributed by atoms with Gasteiger partial charge in [-0.05, 0) is 43.0 Å². The third-order valence-electron chi connectivity index (χ3n) is 5.82. The van der Waals surface area contributed by atoms with Crippen LogP contribution in [-0.2, 0) is 23.5 Å². The lowest BCUT2D eigenvalue weighted by molar-refractivity contribution is -0.143. The predicted molar refractivity (Wildman–Crippen MR) is 99.3 cm³/mol. The maximum atomic E-state index is 13.2. The van der Waals surface area contributed by atoms with Crippen LogP contribution in [0.1, 0.15) is 39.9 Å². The minimum absolute atomic E-state index is 0.0292. The topological polar surface area (TPSA) is 32.8 Å². The summed E-state index contributed by atoms with van der Waals surface area (Å²) in [7, 11) is 0. The molecule has 0 aromatic heterocycles. The summed E-state index contributed by atoms with van der Waals surface area (Å²) in [4.78, 5) is 14.5. The summed E-state index contributed by atoms with van der Waals surface area (Å²) >= 11 is 0. The molecule has 3 nitrogen and oxygen atoms in total. The Morgan fingerprint density at radius 2 is 1.58 bits per heavy atom. The number of likely N-dealkylation sites (tertiary alicyclic amines) is 1. The van der Waals surface area contributed by atoms with Gasteiger partial charge < -0.3 is 9.64 Å². The van der Waals surface area contributed by atoms with Gasteiger partial charge >= 0.3 is 12.4 Å². The number of alkyl halides is 6. The van der Waals surface area contributed by atoms with Crippen LogP contribution in [0.3, 0.4) is 0 Å². The number of nitrogens with zero attached hydrogens (tertiary/aromatic N) is 1. The Morgan fingerprint density at radius 1 is 1.00 bits per heavy atom. The Balaban J connectivity index is 1.67. The van der Waals surface area contributed by atoms with E-state index in [2.05, 4.69) is 0 Å². The monoisotopic (exact) mass is 443 g/mol. The fourth-order valence-corrected chi connectivity index (χ4v) is 4.09. The molecule has 2 atom stereocenters. The van der Waals surface area contributed by atoms with Gasteiger partial charge in [0.2, 0.25) is 0 Å². The zero-order valence-corrected chi connectivity index (χ0v) is 16.3. The van der Waals surface area contributed by atoms with E-state index in [4.69, 9.17) is 4.74 Å². The predicted octanol–water partition coefficient (Wildman–Crippen LogP) is 5.34. The summed E-state index contributed by atoms with van der Waals surface area (Å²) in [5, 5.41) is 0. The summed E-state index contributed by atoms with van der Waals surface area (Å²) in [6.07, 6.45) is -8.60. The van der Waals surface area contributed by atoms with Gasteiger partial charge in [0.25, 0.3) is 5.91 Å². The third kappa shape index (κ3) is 4.71. The van der Waals surface area contributed by atoms with Crippen molar-refractivity contribution in [2.75, 3.05) is 13.2 Å². The van der Waals surface area contributed by atoms with Crippen LogP contribution in [0.2, 0.25) is 0 Å². The maximum absolute atomic E-state index is 13.2. The number of hydrogen-bond donors (Lipinski definition) is 0. The molecular weight excluding hydrogens is 424 g/mol. The van der Waals surface area contributed by atoms with Crippen molar-refractivity contribution in [3.8, 4) is 0 Å². The molecule has 2 aliphatic rings. The fourth-order valence-electron chi connectivity index (χ4n) is 4.09. The van der Waals surface area contributed by atoms with E-state index in [-0.39, 0.29) is 18.2 Å². The largest absolute Gasteiger partial charge is 0.416 e. The van der Waals surface area contributed by atoms with Gasteiger partial charge in [0.1, 0.15) is 0 Å². The highest BCUT2D eigenvalue weighted by atomic mass is 19.4. The molecule has 2 unspecified atom stereocenters. The molecule has 2 fully saturated rings. The number of amides is 1. The van der Waals surface area contributed by atoms with Crippen LogP contribution in [0.25, 0.3) is 0 Å². The van der Waals surface area contributed by atoms with Crippen LogP contribution in [0.15, 0.2) is 48.5 Å². The summed E-state index contributed by atoms with van der Waals surface area (Å²) in [5.41, 5.74) is -3.04. The molecule has 166 valence electrons. The minimum atomic E-state index is -5.01. The second kappa shape index (κ2) is 7.55. The minimum Gasteiger partial charge on any atom is -0.369 e. The molecule has 9 heteroatoms. The quantitative estimate of drug-likeness (QED) is 0.474. The number of piperidine rings is 1. The molecule has 0 N–H and O–H groups in total. The van der Waals surface area contributed by atoms with Gasteiger partial charge in [-0.2, -0.15) is 26.3 Å². The molecule has 1 spiro atoms. The molecule has 0 aliphatic carbocycles. The number of carbonyl (C=O) groups excluding carboxylic acids is 1. The zero-order chi connectivity index (χ0) is 22.4. The first-order valence-electron chi connectivity index (χ1n) is 9.75. The molecule has 2 saturated heterocycles. The van der Waals surface area contributed by atoms with Crippen molar-refractivity contribution in [1.82, 2.24) is 4.90 Å². The molecular formula is C22H19F6NO2. The second-order valence-electron chi connectivity index (χ2n) is 8.06. The SMILES string of the molecule is O=C(c1cc(C(F)(F)F)cc(C(F)(F)F)c1)N1CCC2(CO2)CC1Cc1ccccc1. The summed E-state index contributed by atoms with van der Waals surface area (Å²) in [6, 6.07) is 9.85. The number of epoxide rings is 1. The zero-order valence-electron chi connectivity index (χ0n) is 16.3. The normalized spacial score (nSPS) is 23.8. The Morgan fingerprint density at radius 3 is 2.10 bits per heavy atom. The third-order valence-corrected chi connectivity index (χ3v) is 5.82. The lowest BCUT2D eigenvalue weighted by Crippen LogP contribution is -2.49. The van der Waals surface area contributed by atoms with E-state index in [0.717, 1.165) is 5.56 Å². The maximum Gasteiger partial charge on any atom is 0.416 e. The molecule has 2 aromatic carbocycles. The van der Waals surface area contributed by atoms with Crippen LogP contribution in [-0.4, -0.2) is 35.6 Å². The lowest BCUT2D eigenvalue weighted by Gasteiger charge is -2.39. The summed E-state index contributed by atoms with van der Waals surface area (Å²) in [5.74, 6) is -0.840. The van der Waals surface area contributed by atoms with E-state index >= 15 is 0 Å². The van der Waals surface area contributed by atoms with Gasteiger partial charge in [-0.3, -0.25) is 4.79 Å². The smallest absolute Gasteiger partial charge is 0.369 e. The first-order chi connectivity index (χ1) is 14.5. The molecule has 2 aliphatic heterocycles. The van der Waals surface area contributed by atoms with Gasteiger partial charge in [-0.1, -0.05) is 30.3 Å². The van der Waals surface area contributed by atoms with E-state index < -0.39 is 41.0 Å². The van der Waals surface area contributed by atoms with Crippen molar-refractivity contribution in [1.29, 1.82) is 0 Å². The molecule has 1 amide bonds. The van der Waals surface area contributed by atoms with Crippen molar-refractivity contribution in [2.45, 2.75) is 43.3 Å². The highest BCUT2D eigenvalue weighted by molar-refractivity contribution is 5.95. The second-order valence-corrected chi connectivity index (χ2v) is 8.06. The molecule has 4 rings (SSSR count). The highest BCUT2D eigenvalue weighted by Crippen LogP contribution is 2.42. The van der Waals surface area contributed by atoms with E-state index in [1.54, 1.807) is 0 Å². The molecule has 31 heavy (non-hydrogen) atoms. The average Bonchev–Trinajstić information content (AvgIpc) is 3.45. The molecule has 0 saturated carbocycles. The molecule has 0 bridgehead atoms. The van der Waals surface area contributed by atoms with Crippen LogP contribution in [0.4, 0.5) is 26.3 Å². The van der Waals surface area contributed by atoms with E-state index in [0.29, 0.717) is 38.0 Å². The number of rotatable bonds is 3. The number of hydrogen-bond acceptors (Lipinski definition) is 2. The van der Waals surface area contributed by atoms with Crippen LogP contribution < -0.4 is 0 Å². The lowest BCUT2D eigenvalue weighted by atomic mass is 9.87. The van der Waals surface area contributed by atoms with Crippen LogP contribution in [0, 0.1) is 0 Å². The standard InChI is InChI=1S/C22H19F6NO2/c23-21(24,25)16-9-15(10-17(11-16)22(26,27)28)19(30)29-7-6-20(13-31-20)12-18(29)8-14-4-2-1-3-5-14/h1-5,9-11,18H,6-8,12-13H2. The van der Waals surface area contributed by atoms with Crippen molar-refractivity contribution in [3.63, 3.8) is 0 Å². The summed E-state index contributed by atoms with van der Waals surface area (Å²) in [6.45, 7) is 0.746. The Labute approximate surface area is 174 Å². The van der Waals surface area contributed by atoms with Gasteiger partial charge in [0, 0.05) is 18.2 Å². The Bertz CT molecular complexity index is 934. The first kappa shape index (κ1) is 21.7. The van der Waals surface area contributed by atoms with Gasteiger partial charge in [-0.25, -0.2) is 0 Å². The average molecular weight is 443 g/mol. The van der Waals surface area contributed by atoms with E-state index in [1.165, 1.54) is 4.90 Å². The first-order valence-corrected chi connectivity index (χ1v) is 9.75. The number of carbonyl (C=O) groups is 1. The number of halogens is 6. The van der Waals surface area contributed by atoms with Gasteiger partial charge in [0.05, 0.1) is 23.3 Å². The van der Waals surface area contributed by atoms with Gasteiger partial charge in [0.15, 0.2) is 0 Å². The number of ether oxygens (including phenoxy) is 1. The van der Waals surface area contributed by atoms with Crippen molar-refractivity contribution < 1.29 is 35.9 Å². The number of benzene rings is 2. The fraction of sp³-hybridized carbons (Fsp3) is 0.409. The van der Waals surface area contributed by atoms with Crippen molar-refractivity contribution in [2.24, 2.45) is 0 Å². The highest BCUT2D eigenvalue weighted by Gasteiger charge is 2.51.